The molecule has 0 amide bonds. The van der Waals surface area contributed by atoms with Gasteiger partial charge in [0.05, 0.1) is 0 Å². The molecule has 0 radical (unpaired) electrons. The van der Waals surface area contributed by atoms with E-state index in [9.17, 15) is 0 Å². The summed E-state index contributed by atoms with van der Waals surface area (Å²) in [7, 11) is 0. The topological polar surface area (TPSA) is 0 Å². The van der Waals surface area contributed by atoms with Crippen molar-refractivity contribution in [2.75, 3.05) is 0 Å². The Hall–Kier alpha value is -2.34. The van der Waals surface area contributed by atoms with Crippen molar-refractivity contribution in [3.63, 3.8) is 0 Å². The molecule has 3 aromatic rings. The molecule has 4 rings (SSSR count). The number of aryl methyl sites for hydroxylation is 1. The molecule has 0 spiro atoms. The van der Waals surface area contributed by atoms with E-state index in [-0.39, 0.29) is 0 Å². The first kappa shape index (κ1) is 20.0. The highest BCUT2D eigenvalue weighted by Gasteiger charge is 2.22. The van der Waals surface area contributed by atoms with E-state index in [2.05, 4.69) is 79.7 Å². The van der Waals surface area contributed by atoms with E-state index in [1.54, 1.807) is 5.56 Å². The monoisotopic (exact) mass is 382 g/mol. The van der Waals surface area contributed by atoms with Crippen LogP contribution in [0.5, 0.6) is 0 Å². The first-order chi connectivity index (χ1) is 14.4. The molecule has 0 heterocycles. The lowest BCUT2D eigenvalue weighted by molar-refractivity contribution is 0.575. The van der Waals surface area contributed by atoms with Gasteiger partial charge in [0.1, 0.15) is 0 Å². The standard InChI is InChI=1S/C29H34/c1-2-3-4-5-6-7-8-9-16-25-20-19-24-15-11-13-18-27(24)29(25)28-22-21-23-14-10-12-17-26(23)28/h10-15,17-22,28H,2-9,16H2,1H3. The van der Waals surface area contributed by atoms with Gasteiger partial charge >= 0.3 is 0 Å². The predicted octanol–water partition coefficient (Wildman–Crippen LogP) is 8.68. The molecule has 0 saturated heterocycles. The van der Waals surface area contributed by atoms with Crippen LogP contribution in [0, 0.1) is 0 Å². The Labute approximate surface area is 176 Å². The minimum atomic E-state index is 0.390. The first-order valence-electron chi connectivity index (χ1n) is 11.7. The summed E-state index contributed by atoms with van der Waals surface area (Å²) < 4.78 is 0. The molecule has 0 nitrogen and oxygen atoms in total. The third kappa shape index (κ3) is 4.64. The molecule has 0 bridgehead atoms. The minimum absolute atomic E-state index is 0.390. The summed E-state index contributed by atoms with van der Waals surface area (Å²) >= 11 is 0. The van der Waals surface area contributed by atoms with E-state index in [1.807, 2.05) is 0 Å². The quantitative estimate of drug-likeness (QED) is 0.308. The second kappa shape index (κ2) is 9.92. The molecule has 1 atom stereocenters. The summed E-state index contributed by atoms with van der Waals surface area (Å²) in [4.78, 5) is 0. The summed E-state index contributed by atoms with van der Waals surface area (Å²) in [5.41, 5.74) is 5.91. The fraction of sp³-hybridized carbons (Fsp3) is 0.379. The Morgan fingerprint density at radius 2 is 1.41 bits per heavy atom. The van der Waals surface area contributed by atoms with Gasteiger partial charge in [0.15, 0.2) is 0 Å². The maximum atomic E-state index is 2.41. The van der Waals surface area contributed by atoms with Gasteiger partial charge in [0.25, 0.3) is 0 Å². The average molecular weight is 383 g/mol. The van der Waals surface area contributed by atoms with Gasteiger partial charge in [0, 0.05) is 5.92 Å². The SMILES string of the molecule is CCCCCCCCCCc1ccc2ccccc2c1C1C=Cc2ccccc21. The van der Waals surface area contributed by atoms with E-state index >= 15 is 0 Å². The maximum Gasteiger partial charge on any atom is 0.0287 e. The molecule has 3 aromatic carbocycles. The largest absolute Gasteiger partial charge is 0.0720 e. The van der Waals surface area contributed by atoms with Gasteiger partial charge in [-0.1, -0.05) is 125 Å². The number of hydrogen-bond acceptors (Lipinski definition) is 0. The molecule has 1 unspecified atom stereocenters. The van der Waals surface area contributed by atoms with Gasteiger partial charge in [-0.3, -0.25) is 0 Å². The van der Waals surface area contributed by atoms with E-state index in [0.29, 0.717) is 5.92 Å². The van der Waals surface area contributed by atoms with Crippen LogP contribution >= 0.6 is 0 Å². The highest BCUT2D eigenvalue weighted by atomic mass is 14.3. The van der Waals surface area contributed by atoms with Crippen molar-refractivity contribution in [2.24, 2.45) is 0 Å². The lowest BCUT2D eigenvalue weighted by atomic mass is 9.84. The van der Waals surface area contributed by atoms with Crippen LogP contribution in [0.2, 0.25) is 0 Å². The Balaban J connectivity index is 1.51. The van der Waals surface area contributed by atoms with Gasteiger partial charge < -0.3 is 0 Å². The number of fused-ring (bicyclic) bond motifs is 2. The Morgan fingerprint density at radius 3 is 2.28 bits per heavy atom. The second-order valence-corrected chi connectivity index (χ2v) is 8.55. The molecule has 0 heteroatoms. The van der Waals surface area contributed by atoms with Crippen LogP contribution in [0.3, 0.4) is 0 Å². The summed E-state index contributed by atoms with van der Waals surface area (Å²) in [6.07, 6.45) is 16.9. The molecular weight excluding hydrogens is 348 g/mol. The predicted molar refractivity (Wildman–Crippen MR) is 128 cm³/mol. The van der Waals surface area contributed by atoms with Gasteiger partial charge in [-0.25, -0.2) is 0 Å². The third-order valence-electron chi connectivity index (χ3n) is 6.47. The molecule has 0 saturated carbocycles. The van der Waals surface area contributed by atoms with Crippen LogP contribution in [-0.4, -0.2) is 0 Å². The number of allylic oxidation sites excluding steroid dienone is 1. The van der Waals surface area contributed by atoms with Crippen molar-refractivity contribution in [3.8, 4) is 0 Å². The normalized spacial score (nSPS) is 15.1. The highest BCUT2D eigenvalue weighted by molar-refractivity contribution is 5.89. The zero-order chi connectivity index (χ0) is 19.9. The highest BCUT2D eigenvalue weighted by Crippen LogP contribution is 2.40. The lowest BCUT2D eigenvalue weighted by Gasteiger charge is -2.19. The van der Waals surface area contributed by atoms with Crippen LogP contribution in [0.15, 0.2) is 66.7 Å². The minimum Gasteiger partial charge on any atom is -0.0720 e. The Bertz CT molecular complexity index is 963. The molecule has 1 aliphatic rings. The number of hydrogen-bond donors (Lipinski definition) is 0. The number of rotatable bonds is 10. The van der Waals surface area contributed by atoms with Crippen LogP contribution < -0.4 is 0 Å². The van der Waals surface area contributed by atoms with Crippen LogP contribution in [0.25, 0.3) is 16.8 Å². The van der Waals surface area contributed by atoms with Crippen molar-refractivity contribution < 1.29 is 0 Å². The second-order valence-electron chi connectivity index (χ2n) is 8.55. The molecular formula is C29H34. The fourth-order valence-corrected chi connectivity index (χ4v) is 4.88. The Kier molecular flexibility index (Phi) is 6.83. The van der Waals surface area contributed by atoms with Crippen LogP contribution in [0.1, 0.15) is 86.5 Å². The van der Waals surface area contributed by atoms with E-state index in [4.69, 9.17) is 0 Å². The van der Waals surface area contributed by atoms with Gasteiger partial charge in [-0.2, -0.15) is 0 Å². The molecule has 0 aromatic heterocycles. The zero-order valence-electron chi connectivity index (χ0n) is 17.9. The van der Waals surface area contributed by atoms with Crippen molar-refractivity contribution in [3.05, 3.63) is 89.0 Å². The third-order valence-corrected chi connectivity index (χ3v) is 6.47. The van der Waals surface area contributed by atoms with Crippen molar-refractivity contribution in [1.29, 1.82) is 0 Å². The van der Waals surface area contributed by atoms with E-state index in [1.165, 1.54) is 85.3 Å². The number of unbranched alkanes of at least 4 members (excludes halogenated alkanes) is 7. The smallest absolute Gasteiger partial charge is 0.0287 e. The van der Waals surface area contributed by atoms with E-state index < -0.39 is 0 Å². The van der Waals surface area contributed by atoms with E-state index in [0.717, 1.165) is 0 Å². The van der Waals surface area contributed by atoms with Gasteiger partial charge in [0.2, 0.25) is 0 Å². The molecule has 0 N–H and O–H groups in total. The Morgan fingerprint density at radius 1 is 0.690 bits per heavy atom. The molecule has 0 aliphatic heterocycles. The maximum absolute atomic E-state index is 2.41. The van der Waals surface area contributed by atoms with Crippen molar-refractivity contribution >= 4 is 16.8 Å². The van der Waals surface area contributed by atoms with Gasteiger partial charge in [-0.05, 0) is 45.9 Å². The van der Waals surface area contributed by atoms with Gasteiger partial charge in [-0.15, -0.1) is 0 Å². The molecule has 1 aliphatic carbocycles. The summed E-state index contributed by atoms with van der Waals surface area (Å²) in [6.45, 7) is 2.29. The average Bonchev–Trinajstić information content (AvgIpc) is 3.19. The van der Waals surface area contributed by atoms with Crippen LogP contribution in [0.4, 0.5) is 0 Å². The van der Waals surface area contributed by atoms with Crippen LogP contribution in [-0.2, 0) is 6.42 Å². The van der Waals surface area contributed by atoms with Crippen molar-refractivity contribution in [1.82, 2.24) is 0 Å². The summed E-state index contributed by atoms with van der Waals surface area (Å²) in [5.74, 6) is 0.390. The van der Waals surface area contributed by atoms with Crippen molar-refractivity contribution in [2.45, 2.75) is 70.6 Å². The summed E-state index contributed by atoms with van der Waals surface area (Å²) in [5, 5.41) is 2.79. The molecule has 150 valence electrons. The first-order valence-corrected chi connectivity index (χ1v) is 11.7. The zero-order valence-corrected chi connectivity index (χ0v) is 17.9. The molecule has 29 heavy (non-hydrogen) atoms. The summed E-state index contributed by atoms with van der Waals surface area (Å²) in [6, 6.07) is 22.5. The molecule has 0 fully saturated rings. The lowest BCUT2D eigenvalue weighted by Crippen LogP contribution is -2.03. The number of benzene rings is 3. The fourth-order valence-electron chi connectivity index (χ4n) is 4.88.